The molecule has 4 heteroatoms. The Hall–Kier alpha value is -1.81. The molecule has 1 N–H and O–H groups in total. The lowest BCUT2D eigenvalue weighted by molar-refractivity contribution is 0.0694. The second-order valence-electron chi connectivity index (χ2n) is 5.82. The summed E-state index contributed by atoms with van der Waals surface area (Å²) in [5.41, 5.74) is 1.40. The summed E-state index contributed by atoms with van der Waals surface area (Å²) in [5.74, 6) is -0.0698. The molecule has 110 valence electrons. The number of halogens is 1. The zero-order valence-corrected chi connectivity index (χ0v) is 13.8. The number of hydrogen-bond donors (Lipinski definition) is 1. The first-order valence-corrected chi connectivity index (χ1v) is 7.38. The van der Waals surface area contributed by atoms with Crippen LogP contribution in [0.2, 0.25) is 0 Å². The second kappa shape index (κ2) is 5.90. The van der Waals surface area contributed by atoms with Gasteiger partial charge in [-0.05, 0) is 41.3 Å². The van der Waals surface area contributed by atoms with E-state index < -0.39 is 5.97 Å². The van der Waals surface area contributed by atoms with Gasteiger partial charge >= 0.3 is 5.97 Å². The van der Waals surface area contributed by atoms with Gasteiger partial charge in [0.25, 0.3) is 0 Å². The second-order valence-corrected chi connectivity index (χ2v) is 6.74. The van der Waals surface area contributed by atoms with Gasteiger partial charge in [-0.3, -0.25) is 0 Å². The van der Waals surface area contributed by atoms with Crippen LogP contribution in [0.4, 0.5) is 0 Å². The molecule has 0 aliphatic carbocycles. The lowest BCUT2D eigenvalue weighted by Crippen LogP contribution is -2.10. The third-order valence-corrected chi connectivity index (χ3v) is 3.61. The summed E-state index contributed by atoms with van der Waals surface area (Å²) in [4.78, 5) is 11.2. The fraction of sp³-hybridized carbons (Fsp3) is 0.235. The zero-order chi connectivity index (χ0) is 15.6. The predicted molar refractivity (Wildman–Crippen MR) is 86.3 cm³/mol. The molecule has 0 heterocycles. The minimum Gasteiger partial charge on any atom is -0.478 e. The van der Waals surface area contributed by atoms with Gasteiger partial charge in [-0.2, -0.15) is 0 Å². The van der Waals surface area contributed by atoms with E-state index in [1.165, 1.54) is 11.6 Å². The van der Waals surface area contributed by atoms with Crippen LogP contribution in [-0.2, 0) is 5.41 Å². The number of hydrogen-bond acceptors (Lipinski definition) is 2. The van der Waals surface area contributed by atoms with Crippen LogP contribution in [0.5, 0.6) is 11.5 Å². The Bertz CT molecular complexity index is 655. The Balaban J connectivity index is 2.28. The first-order valence-electron chi connectivity index (χ1n) is 6.58. The zero-order valence-electron chi connectivity index (χ0n) is 12.2. The van der Waals surface area contributed by atoms with Crippen LogP contribution >= 0.6 is 15.9 Å². The molecule has 2 aromatic rings. The van der Waals surface area contributed by atoms with Crippen LogP contribution < -0.4 is 4.74 Å². The molecule has 0 atom stereocenters. The Morgan fingerprint density at radius 1 is 1.10 bits per heavy atom. The van der Waals surface area contributed by atoms with E-state index in [4.69, 9.17) is 4.74 Å². The van der Waals surface area contributed by atoms with Crippen molar-refractivity contribution < 1.29 is 14.6 Å². The topological polar surface area (TPSA) is 46.5 Å². The minimum absolute atomic E-state index is 0.0718. The maximum absolute atomic E-state index is 11.2. The molecule has 0 spiro atoms. The van der Waals surface area contributed by atoms with Gasteiger partial charge in [0.05, 0.1) is 0 Å². The molecular weight excluding hydrogens is 332 g/mol. The van der Waals surface area contributed by atoms with Crippen molar-refractivity contribution in [2.75, 3.05) is 0 Å². The van der Waals surface area contributed by atoms with Gasteiger partial charge in [-0.15, -0.1) is 0 Å². The number of carboxylic acid groups (broad SMARTS) is 1. The van der Waals surface area contributed by atoms with E-state index in [1.54, 1.807) is 12.1 Å². The molecular formula is C17H17BrO3. The van der Waals surface area contributed by atoms with E-state index in [9.17, 15) is 9.90 Å². The van der Waals surface area contributed by atoms with Crippen LogP contribution in [-0.4, -0.2) is 11.1 Å². The van der Waals surface area contributed by atoms with Crippen molar-refractivity contribution >= 4 is 21.9 Å². The van der Waals surface area contributed by atoms with Gasteiger partial charge in [0.2, 0.25) is 0 Å². The van der Waals surface area contributed by atoms with Crippen molar-refractivity contribution in [1.29, 1.82) is 0 Å². The van der Waals surface area contributed by atoms with Gasteiger partial charge < -0.3 is 9.84 Å². The summed E-state index contributed by atoms with van der Waals surface area (Å²) >= 11 is 3.26. The molecule has 2 aromatic carbocycles. The molecule has 0 aromatic heterocycles. The minimum atomic E-state index is -1.02. The van der Waals surface area contributed by atoms with Crippen molar-refractivity contribution in [3.63, 3.8) is 0 Å². The number of benzene rings is 2. The highest BCUT2D eigenvalue weighted by atomic mass is 79.9. The molecule has 0 unspecified atom stereocenters. The molecule has 2 rings (SSSR count). The first-order chi connectivity index (χ1) is 9.77. The SMILES string of the molecule is CC(C)(C)c1ccc(Oc2ccc(Br)cc2C(=O)O)cc1. The van der Waals surface area contributed by atoms with E-state index in [-0.39, 0.29) is 11.0 Å². The third kappa shape index (κ3) is 3.85. The highest BCUT2D eigenvalue weighted by Crippen LogP contribution is 2.30. The summed E-state index contributed by atoms with van der Waals surface area (Å²) in [6, 6.07) is 12.6. The van der Waals surface area contributed by atoms with E-state index in [0.717, 1.165) is 0 Å². The van der Waals surface area contributed by atoms with Crippen LogP contribution in [0.25, 0.3) is 0 Å². The average Bonchev–Trinajstić information content (AvgIpc) is 2.40. The number of rotatable bonds is 3. The Kier molecular flexibility index (Phi) is 4.37. The maximum atomic E-state index is 11.2. The smallest absolute Gasteiger partial charge is 0.339 e. The molecule has 21 heavy (non-hydrogen) atoms. The summed E-state index contributed by atoms with van der Waals surface area (Å²) < 4.78 is 6.40. The highest BCUT2D eigenvalue weighted by Gasteiger charge is 2.15. The summed E-state index contributed by atoms with van der Waals surface area (Å²) in [5, 5.41) is 9.22. The van der Waals surface area contributed by atoms with Crippen LogP contribution in [0.3, 0.4) is 0 Å². The molecule has 3 nitrogen and oxygen atoms in total. The fourth-order valence-corrected chi connectivity index (χ4v) is 2.27. The normalized spacial score (nSPS) is 11.2. The highest BCUT2D eigenvalue weighted by molar-refractivity contribution is 9.10. The number of carbonyl (C=O) groups is 1. The number of ether oxygens (including phenoxy) is 1. The van der Waals surface area contributed by atoms with Crippen molar-refractivity contribution in [3.05, 3.63) is 58.1 Å². The van der Waals surface area contributed by atoms with E-state index in [0.29, 0.717) is 16.0 Å². The molecule has 0 saturated carbocycles. The van der Waals surface area contributed by atoms with E-state index in [1.807, 2.05) is 24.3 Å². The lowest BCUT2D eigenvalue weighted by atomic mass is 9.87. The van der Waals surface area contributed by atoms with Gasteiger partial charge in [-0.25, -0.2) is 4.79 Å². The Morgan fingerprint density at radius 2 is 1.71 bits per heavy atom. The molecule has 0 saturated heterocycles. The summed E-state index contributed by atoms with van der Waals surface area (Å²) in [6.07, 6.45) is 0. The summed E-state index contributed by atoms with van der Waals surface area (Å²) in [7, 11) is 0. The number of carboxylic acids is 1. The molecule has 0 fully saturated rings. The molecule has 0 amide bonds. The predicted octanol–water partition coefficient (Wildman–Crippen LogP) is 5.24. The van der Waals surface area contributed by atoms with Crippen LogP contribution in [0.15, 0.2) is 46.9 Å². The molecule has 0 bridgehead atoms. The quantitative estimate of drug-likeness (QED) is 0.825. The molecule has 0 aliphatic heterocycles. The van der Waals surface area contributed by atoms with Crippen LogP contribution in [0, 0.1) is 0 Å². The van der Waals surface area contributed by atoms with Crippen molar-refractivity contribution in [1.82, 2.24) is 0 Å². The van der Waals surface area contributed by atoms with Gasteiger partial charge in [-0.1, -0.05) is 48.8 Å². The maximum Gasteiger partial charge on any atom is 0.339 e. The van der Waals surface area contributed by atoms with Crippen LogP contribution in [0.1, 0.15) is 36.7 Å². The third-order valence-electron chi connectivity index (χ3n) is 3.12. The largest absolute Gasteiger partial charge is 0.478 e. The fourth-order valence-electron chi connectivity index (χ4n) is 1.91. The van der Waals surface area contributed by atoms with E-state index in [2.05, 4.69) is 36.7 Å². The monoisotopic (exact) mass is 348 g/mol. The van der Waals surface area contributed by atoms with Gasteiger partial charge in [0, 0.05) is 4.47 Å². The lowest BCUT2D eigenvalue weighted by Gasteiger charge is -2.19. The molecule has 0 radical (unpaired) electrons. The average molecular weight is 349 g/mol. The van der Waals surface area contributed by atoms with E-state index >= 15 is 0 Å². The Morgan fingerprint density at radius 3 is 2.24 bits per heavy atom. The van der Waals surface area contributed by atoms with Crippen molar-refractivity contribution in [2.45, 2.75) is 26.2 Å². The summed E-state index contributed by atoms with van der Waals surface area (Å²) in [6.45, 7) is 6.42. The number of aromatic carboxylic acids is 1. The standard InChI is InChI=1S/C17H17BrO3/c1-17(2,3)11-4-7-13(8-5-11)21-15-9-6-12(18)10-14(15)16(19)20/h4-10H,1-3H3,(H,19,20). The van der Waals surface area contributed by atoms with Crippen molar-refractivity contribution in [2.24, 2.45) is 0 Å². The van der Waals surface area contributed by atoms with Crippen molar-refractivity contribution in [3.8, 4) is 11.5 Å². The van der Waals surface area contributed by atoms with Gasteiger partial charge in [0.15, 0.2) is 0 Å². The van der Waals surface area contributed by atoms with Gasteiger partial charge in [0.1, 0.15) is 17.1 Å². The first kappa shape index (κ1) is 15.6. The molecule has 0 aliphatic rings. The Labute approximate surface area is 132 Å².